The molecule has 0 amide bonds. The fourth-order valence-corrected chi connectivity index (χ4v) is 2.26. The van der Waals surface area contributed by atoms with Gasteiger partial charge >= 0.3 is 0 Å². The van der Waals surface area contributed by atoms with Crippen molar-refractivity contribution < 1.29 is 5.11 Å². The summed E-state index contributed by atoms with van der Waals surface area (Å²) in [6, 6.07) is 8.04. The summed E-state index contributed by atoms with van der Waals surface area (Å²) in [4.78, 5) is 10.1. The highest BCUT2D eigenvalue weighted by Crippen LogP contribution is 2.23. The number of para-hydroxylation sites is 2. The van der Waals surface area contributed by atoms with E-state index in [9.17, 15) is 0 Å². The zero-order valence-electron chi connectivity index (χ0n) is 9.06. The molecule has 0 aliphatic carbocycles. The monoisotopic (exact) mass is 217 g/mol. The van der Waals surface area contributed by atoms with Gasteiger partial charge in [0.2, 0.25) is 5.95 Å². The largest absolute Gasteiger partial charge is 0.396 e. The highest BCUT2D eigenvalue weighted by Gasteiger charge is 2.23. The number of nitrogens with zero attached hydrogens (tertiary/aromatic N) is 2. The van der Waals surface area contributed by atoms with Crippen LogP contribution in [0.15, 0.2) is 24.3 Å². The summed E-state index contributed by atoms with van der Waals surface area (Å²) in [5.74, 6) is 1.32. The molecule has 1 aliphatic rings. The quantitative estimate of drug-likeness (QED) is 0.799. The maximum absolute atomic E-state index is 9.11. The minimum absolute atomic E-state index is 0.275. The van der Waals surface area contributed by atoms with Crippen LogP contribution in [-0.2, 0) is 0 Å². The SMILES string of the molecule is OCC1CCN(c2nc3ccccc3[nH]2)C1. The molecular weight excluding hydrogens is 202 g/mol. The molecule has 1 saturated heterocycles. The van der Waals surface area contributed by atoms with Gasteiger partial charge in [0.1, 0.15) is 0 Å². The second-order valence-corrected chi connectivity index (χ2v) is 4.36. The molecule has 1 unspecified atom stereocenters. The Morgan fingerprint density at radius 3 is 3.06 bits per heavy atom. The van der Waals surface area contributed by atoms with Crippen LogP contribution in [0.5, 0.6) is 0 Å². The van der Waals surface area contributed by atoms with Crippen LogP contribution in [0.2, 0.25) is 0 Å². The number of aromatic amines is 1. The highest BCUT2D eigenvalue weighted by molar-refractivity contribution is 5.77. The van der Waals surface area contributed by atoms with Crippen LogP contribution in [0.1, 0.15) is 6.42 Å². The number of rotatable bonds is 2. The Morgan fingerprint density at radius 1 is 1.44 bits per heavy atom. The van der Waals surface area contributed by atoms with E-state index in [1.54, 1.807) is 0 Å². The van der Waals surface area contributed by atoms with E-state index < -0.39 is 0 Å². The zero-order chi connectivity index (χ0) is 11.0. The molecule has 4 heteroatoms. The number of imidazole rings is 1. The van der Waals surface area contributed by atoms with E-state index in [4.69, 9.17) is 5.11 Å². The van der Waals surface area contributed by atoms with E-state index in [0.29, 0.717) is 5.92 Å². The summed E-state index contributed by atoms with van der Waals surface area (Å²) >= 11 is 0. The van der Waals surface area contributed by atoms with Gasteiger partial charge in [-0.2, -0.15) is 0 Å². The number of H-pyrrole nitrogens is 1. The lowest BCUT2D eigenvalue weighted by Gasteiger charge is -2.13. The van der Waals surface area contributed by atoms with Gasteiger partial charge in [0.25, 0.3) is 0 Å². The average molecular weight is 217 g/mol. The molecule has 0 spiro atoms. The number of aromatic nitrogens is 2. The number of anilines is 1. The molecule has 16 heavy (non-hydrogen) atoms. The van der Waals surface area contributed by atoms with Crippen LogP contribution in [0.25, 0.3) is 11.0 Å². The number of hydrogen-bond acceptors (Lipinski definition) is 3. The summed E-state index contributed by atoms with van der Waals surface area (Å²) in [7, 11) is 0. The Labute approximate surface area is 93.9 Å². The van der Waals surface area contributed by atoms with Gasteiger partial charge in [-0.3, -0.25) is 0 Å². The molecule has 2 heterocycles. The molecule has 84 valence electrons. The first-order chi connectivity index (χ1) is 7.86. The highest BCUT2D eigenvalue weighted by atomic mass is 16.3. The minimum Gasteiger partial charge on any atom is -0.396 e. The third-order valence-corrected chi connectivity index (χ3v) is 3.22. The van der Waals surface area contributed by atoms with Crippen LogP contribution < -0.4 is 4.90 Å². The lowest BCUT2D eigenvalue weighted by atomic mass is 10.1. The molecule has 1 fully saturated rings. The molecule has 1 aromatic carbocycles. The third-order valence-electron chi connectivity index (χ3n) is 3.22. The second kappa shape index (κ2) is 3.79. The zero-order valence-corrected chi connectivity index (χ0v) is 9.06. The van der Waals surface area contributed by atoms with Crippen molar-refractivity contribution >= 4 is 17.0 Å². The van der Waals surface area contributed by atoms with Crippen LogP contribution >= 0.6 is 0 Å². The Kier molecular flexibility index (Phi) is 2.29. The molecule has 1 aromatic heterocycles. The summed E-state index contributed by atoms with van der Waals surface area (Å²) in [6.07, 6.45) is 1.05. The molecule has 0 saturated carbocycles. The van der Waals surface area contributed by atoms with Gasteiger partial charge < -0.3 is 15.0 Å². The fraction of sp³-hybridized carbons (Fsp3) is 0.417. The molecule has 0 radical (unpaired) electrons. The number of aliphatic hydroxyl groups excluding tert-OH is 1. The Balaban J connectivity index is 1.89. The van der Waals surface area contributed by atoms with Crippen molar-refractivity contribution in [2.24, 2.45) is 5.92 Å². The maximum atomic E-state index is 9.11. The van der Waals surface area contributed by atoms with Gasteiger partial charge in [-0.1, -0.05) is 12.1 Å². The van der Waals surface area contributed by atoms with E-state index in [-0.39, 0.29) is 6.61 Å². The standard InChI is InChI=1S/C12H15N3O/c16-8-9-5-6-15(7-9)12-13-10-3-1-2-4-11(10)14-12/h1-4,9,16H,5-8H2,(H,13,14). The predicted octanol–water partition coefficient (Wildman–Crippen LogP) is 1.38. The van der Waals surface area contributed by atoms with Gasteiger partial charge in [0.05, 0.1) is 11.0 Å². The summed E-state index contributed by atoms with van der Waals surface area (Å²) in [5, 5.41) is 9.11. The molecule has 2 aromatic rings. The van der Waals surface area contributed by atoms with Crippen molar-refractivity contribution in [2.45, 2.75) is 6.42 Å². The molecule has 4 nitrogen and oxygen atoms in total. The predicted molar refractivity (Wildman–Crippen MR) is 63.5 cm³/mol. The smallest absolute Gasteiger partial charge is 0.203 e. The minimum atomic E-state index is 0.275. The first kappa shape index (κ1) is 9.66. The Morgan fingerprint density at radius 2 is 2.31 bits per heavy atom. The molecule has 1 atom stereocenters. The lowest BCUT2D eigenvalue weighted by Crippen LogP contribution is -2.21. The van der Waals surface area contributed by atoms with Crippen LogP contribution in [0, 0.1) is 5.92 Å². The van der Waals surface area contributed by atoms with Crippen molar-refractivity contribution in [1.29, 1.82) is 0 Å². The van der Waals surface area contributed by atoms with Crippen molar-refractivity contribution in [3.8, 4) is 0 Å². The maximum Gasteiger partial charge on any atom is 0.203 e. The summed E-state index contributed by atoms with van der Waals surface area (Å²) in [6.45, 7) is 2.15. The first-order valence-corrected chi connectivity index (χ1v) is 5.67. The third kappa shape index (κ3) is 1.55. The number of hydrogen-bond donors (Lipinski definition) is 2. The van der Waals surface area contributed by atoms with Gasteiger partial charge in [-0.25, -0.2) is 4.98 Å². The first-order valence-electron chi connectivity index (χ1n) is 5.67. The molecule has 2 N–H and O–H groups in total. The van der Waals surface area contributed by atoms with E-state index in [1.165, 1.54) is 0 Å². The average Bonchev–Trinajstić information content (AvgIpc) is 2.95. The van der Waals surface area contributed by atoms with Gasteiger partial charge in [-0.05, 0) is 18.6 Å². The van der Waals surface area contributed by atoms with Crippen molar-refractivity contribution in [2.75, 3.05) is 24.6 Å². The van der Waals surface area contributed by atoms with Gasteiger partial charge in [0.15, 0.2) is 0 Å². The number of fused-ring (bicyclic) bond motifs is 1. The normalized spacial score (nSPS) is 20.8. The van der Waals surface area contributed by atoms with E-state index in [1.807, 2.05) is 24.3 Å². The fourth-order valence-electron chi connectivity index (χ4n) is 2.26. The lowest BCUT2D eigenvalue weighted by molar-refractivity contribution is 0.238. The van der Waals surface area contributed by atoms with Crippen molar-refractivity contribution in [3.05, 3.63) is 24.3 Å². The summed E-state index contributed by atoms with van der Waals surface area (Å²) in [5.41, 5.74) is 2.08. The Bertz CT molecular complexity index is 461. The van der Waals surface area contributed by atoms with Crippen LogP contribution in [-0.4, -0.2) is 34.8 Å². The van der Waals surface area contributed by atoms with Crippen molar-refractivity contribution in [1.82, 2.24) is 9.97 Å². The number of benzene rings is 1. The van der Waals surface area contributed by atoms with Crippen molar-refractivity contribution in [3.63, 3.8) is 0 Å². The molecule has 3 rings (SSSR count). The number of nitrogens with one attached hydrogen (secondary N) is 1. The second-order valence-electron chi connectivity index (χ2n) is 4.36. The van der Waals surface area contributed by atoms with E-state index >= 15 is 0 Å². The number of aliphatic hydroxyl groups is 1. The molecule has 1 aliphatic heterocycles. The molecular formula is C12H15N3O. The van der Waals surface area contributed by atoms with Gasteiger partial charge in [-0.15, -0.1) is 0 Å². The molecule has 0 bridgehead atoms. The van der Waals surface area contributed by atoms with E-state index in [2.05, 4.69) is 14.9 Å². The Hall–Kier alpha value is -1.55. The van der Waals surface area contributed by atoms with Gasteiger partial charge in [0, 0.05) is 25.6 Å². The van der Waals surface area contributed by atoms with Crippen LogP contribution in [0.4, 0.5) is 5.95 Å². The van der Waals surface area contributed by atoms with Crippen LogP contribution in [0.3, 0.4) is 0 Å². The summed E-state index contributed by atoms with van der Waals surface area (Å²) < 4.78 is 0. The topological polar surface area (TPSA) is 52.1 Å². The van der Waals surface area contributed by atoms with E-state index in [0.717, 1.165) is 36.5 Å².